The number of amides is 1. The van der Waals surface area contributed by atoms with Crippen molar-refractivity contribution in [2.24, 2.45) is 11.5 Å². The van der Waals surface area contributed by atoms with E-state index in [-0.39, 0.29) is 5.56 Å². The Morgan fingerprint density at radius 1 is 1.21 bits per heavy atom. The molecule has 0 aliphatic carbocycles. The standard InChI is InChI=1S/C8H10N2O3S/c9-7(11)8(10,14(12)13)6-4-2-1-3-5-6/h1-5,14H,10H2,(H2,9,11). The van der Waals surface area contributed by atoms with Gasteiger partial charge in [-0.3, -0.25) is 4.79 Å². The maximum absolute atomic E-state index is 11.0. The number of nitrogens with two attached hydrogens (primary N) is 2. The van der Waals surface area contributed by atoms with Gasteiger partial charge in [-0.15, -0.1) is 0 Å². The normalized spacial score (nSPS) is 15.0. The Labute approximate surface area is 82.7 Å². The third kappa shape index (κ3) is 1.61. The van der Waals surface area contributed by atoms with Crippen LogP contribution in [0, 0.1) is 0 Å². The van der Waals surface area contributed by atoms with Crippen LogP contribution in [-0.2, 0) is 20.4 Å². The van der Waals surface area contributed by atoms with Crippen molar-refractivity contribution in [3.8, 4) is 0 Å². The van der Waals surface area contributed by atoms with Gasteiger partial charge in [0.05, 0.1) is 0 Å². The molecule has 1 aromatic rings. The molecule has 0 bridgehead atoms. The van der Waals surface area contributed by atoms with E-state index in [2.05, 4.69) is 0 Å². The second kappa shape index (κ2) is 3.77. The van der Waals surface area contributed by atoms with E-state index in [1.165, 1.54) is 12.1 Å². The largest absolute Gasteiger partial charge is 0.367 e. The SMILES string of the molecule is NC(=O)C(N)(c1ccccc1)[SH](=O)=O. The molecule has 76 valence electrons. The zero-order chi connectivity index (χ0) is 10.8. The van der Waals surface area contributed by atoms with Crippen LogP contribution < -0.4 is 11.5 Å². The quantitative estimate of drug-likeness (QED) is 0.555. The van der Waals surface area contributed by atoms with Crippen molar-refractivity contribution >= 4 is 16.6 Å². The van der Waals surface area contributed by atoms with Gasteiger partial charge >= 0.3 is 0 Å². The van der Waals surface area contributed by atoms with Gasteiger partial charge in [-0.2, -0.15) is 0 Å². The van der Waals surface area contributed by atoms with Gasteiger partial charge in [-0.1, -0.05) is 30.3 Å². The number of hydrogen-bond acceptors (Lipinski definition) is 4. The molecule has 0 saturated heterocycles. The first kappa shape index (κ1) is 10.7. The predicted molar refractivity (Wildman–Crippen MR) is 51.8 cm³/mol. The number of rotatable bonds is 3. The summed E-state index contributed by atoms with van der Waals surface area (Å²) in [5.74, 6) is -1.08. The molecule has 0 spiro atoms. The van der Waals surface area contributed by atoms with Gasteiger partial charge < -0.3 is 11.5 Å². The molecule has 0 radical (unpaired) electrons. The summed E-state index contributed by atoms with van der Waals surface area (Å²) in [4.78, 5) is 8.86. The third-order valence-electron chi connectivity index (χ3n) is 1.88. The lowest BCUT2D eigenvalue weighted by atomic mass is 10.1. The second-order valence-corrected chi connectivity index (χ2v) is 3.97. The molecule has 0 aromatic heterocycles. The number of carbonyl (C=O) groups is 1. The van der Waals surface area contributed by atoms with Crippen LogP contribution in [-0.4, -0.2) is 14.3 Å². The molecule has 0 aliphatic rings. The van der Waals surface area contributed by atoms with Gasteiger partial charge in [-0.05, 0) is 5.56 Å². The van der Waals surface area contributed by atoms with E-state index in [0.717, 1.165) is 0 Å². The molecule has 1 amide bonds. The van der Waals surface area contributed by atoms with Crippen molar-refractivity contribution in [1.29, 1.82) is 0 Å². The van der Waals surface area contributed by atoms with Crippen molar-refractivity contribution in [2.75, 3.05) is 0 Å². The van der Waals surface area contributed by atoms with Crippen molar-refractivity contribution < 1.29 is 13.2 Å². The molecule has 1 rings (SSSR count). The summed E-state index contributed by atoms with van der Waals surface area (Å²) >= 11 is 0. The van der Waals surface area contributed by atoms with Crippen LogP contribution in [0.1, 0.15) is 5.56 Å². The molecule has 5 nitrogen and oxygen atoms in total. The van der Waals surface area contributed by atoms with Crippen LogP contribution >= 0.6 is 0 Å². The number of benzene rings is 1. The zero-order valence-corrected chi connectivity index (χ0v) is 8.11. The highest BCUT2D eigenvalue weighted by Crippen LogP contribution is 2.18. The molecular weight excluding hydrogens is 204 g/mol. The Morgan fingerprint density at radius 2 is 1.71 bits per heavy atom. The molecule has 14 heavy (non-hydrogen) atoms. The lowest BCUT2D eigenvalue weighted by Gasteiger charge is -2.18. The lowest BCUT2D eigenvalue weighted by molar-refractivity contribution is -0.120. The lowest BCUT2D eigenvalue weighted by Crippen LogP contribution is -2.50. The summed E-state index contributed by atoms with van der Waals surface area (Å²) in [6.45, 7) is 0. The number of carbonyl (C=O) groups excluding carboxylic acids is 1. The van der Waals surface area contributed by atoms with Gasteiger partial charge in [-0.25, -0.2) is 8.42 Å². The van der Waals surface area contributed by atoms with Crippen molar-refractivity contribution in [1.82, 2.24) is 0 Å². The molecule has 4 N–H and O–H groups in total. The molecular formula is C8H10N2O3S. The van der Waals surface area contributed by atoms with Crippen LogP contribution in [0.5, 0.6) is 0 Å². The molecule has 0 saturated carbocycles. The van der Waals surface area contributed by atoms with E-state index < -0.39 is 21.5 Å². The topological polar surface area (TPSA) is 103 Å². The highest BCUT2D eigenvalue weighted by molar-refractivity contribution is 7.74. The highest BCUT2D eigenvalue weighted by atomic mass is 32.2. The average Bonchev–Trinajstić information content (AvgIpc) is 2.17. The van der Waals surface area contributed by atoms with Crippen molar-refractivity contribution in [3.05, 3.63) is 35.9 Å². The Balaban J connectivity index is 3.34. The molecule has 0 heterocycles. The van der Waals surface area contributed by atoms with E-state index in [0.29, 0.717) is 0 Å². The monoisotopic (exact) mass is 214 g/mol. The number of primary amides is 1. The zero-order valence-electron chi connectivity index (χ0n) is 7.21. The fraction of sp³-hybridized carbons (Fsp3) is 0.125. The van der Waals surface area contributed by atoms with Crippen molar-refractivity contribution in [2.45, 2.75) is 4.87 Å². The minimum absolute atomic E-state index is 0.170. The summed E-state index contributed by atoms with van der Waals surface area (Å²) in [6, 6.07) is 7.73. The van der Waals surface area contributed by atoms with Crippen LogP contribution in [0.4, 0.5) is 0 Å². The van der Waals surface area contributed by atoms with E-state index in [9.17, 15) is 13.2 Å². The van der Waals surface area contributed by atoms with Gasteiger partial charge in [0.25, 0.3) is 5.91 Å². The first-order valence-corrected chi connectivity index (χ1v) is 4.96. The minimum atomic E-state index is -3.16. The molecule has 1 aromatic carbocycles. The summed E-state index contributed by atoms with van der Waals surface area (Å²) in [5, 5.41) is 0. The predicted octanol–water partition coefficient (Wildman–Crippen LogP) is -1.11. The molecule has 1 atom stereocenters. The van der Waals surface area contributed by atoms with Gasteiger partial charge in [0.2, 0.25) is 4.87 Å². The molecule has 1 unspecified atom stereocenters. The summed E-state index contributed by atoms with van der Waals surface area (Å²) in [5.41, 5.74) is 10.6. The fourth-order valence-corrected chi connectivity index (χ4v) is 1.57. The van der Waals surface area contributed by atoms with Crippen LogP contribution in [0.15, 0.2) is 30.3 Å². The summed E-state index contributed by atoms with van der Waals surface area (Å²) in [6.07, 6.45) is 0. The Morgan fingerprint density at radius 3 is 2.07 bits per heavy atom. The van der Waals surface area contributed by atoms with Crippen LogP contribution in [0.3, 0.4) is 0 Å². The first-order valence-electron chi connectivity index (χ1n) is 3.78. The Hall–Kier alpha value is -1.40. The number of hydrogen-bond donors (Lipinski definition) is 3. The molecule has 6 heteroatoms. The first-order chi connectivity index (χ1) is 6.49. The minimum Gasteiger partial charge on any atom is -0.367 e. The van der Waals surface area contributed by atoms with E-state index >= 15 is 0 Å². The highest BCUT2D eigenvalue weighted by Gasteiger charge is 2.37. The van der Waals surface area contributed by atoms with Gasteiger partial charge in [0.15, 0.2) is 10.7 Å². The molecule has 0 fully saturated rings. The Bertz CT molecular complexity index is 408. The maximum atomic E-state index is 11.0. The molecule has 0 aliphatic heterocycles. The fourth-order valence-electron chi connectivity index (χ4n) is 1.03. The van der Waals surface area contributed by atoms with Crippen LogP contribution in [0.25, 0.3) is 0 Å². The Kier molecular flexibility index (Phi) is 2.87. The van der Waals surface area contributed by atoms with E-state index in [4.69, 9.17) is 11.5 Å². The summed E-state index contributed by atoms with van der Waals surface area (Å²) < 4.78 is 21.7. The maximum Gasteiger partial charge on any atom is 0.257 e. The smallest absolute Gasteiger partial charge is 0.257 e. The van der Waals surface area contributed by atoms with E-state index in [1.807, 2.05) is 0 Å². The number of thiol groups is 1. The third-order valence-corrected chi connectivity index (χ3v) is 2.93. The second-order valence-electron chi connectivity index (χ2n) is 2.75. The van der Waals surface area contributed by atoms with Gasteiger partial charge in [0, 0.05) is 0 Å². The van der Waals surface area contributed by atoms with Gasteiger partial charge in [0.1, 0.15) is 0 Å². The average molecular weight is 214 g/mol. The summed E-state index contributed by atoms with van der Waals surface area (Å²) in [7, 11) is -3.16. The van der Waals surface area contributed by atoms with Crippen molar-refractivity contribution in [3.63, 3.8) is 0 Å². The van der Waals surface area contributed by atoms with E-state index in [1.54, 1.807) is 18.2 Å². The van der Waals surface area contributed by atoms with Crippen LogP contribution in [0.2, 0.25) is 0 Å².